The van der Waals surface area contributed by atoms with Crippen LogP contribution in [-0.4, -0.2) is 18.5 Å². The molecule has 0 amide bonds. The van der Waals surface area contributed by atoms with Gasteiger partial charge in [-0.25, -0.2) is 0 Å². The first-order valence-electron chi connectivity index (χ1n) is 1.84. The van der Waals surface area contributed by atoms with E-state index in [4.69, 9.17) is 45.0 Å². The van der Waals surface area contributed by atoms with Crippen LogP contribution in [0.3, 0.4) is 0 Å². The Morgan fingerprint density at radius 3 is 0.500 bits per heavy atom. The monoisotopic (exact) mass is 678 g/mol. The van der Waals surface area contributed by atoms with Gasteiger partial charge in [0.1, 0.15) is 0 Å². The van der Waals surface area contributed by atoms with E-state index in [-0.39, 0.29) is 0 Å². The predicted octanol–water partition coefficient (Wildman–Crippen LogP) is -7.34. The van der Waals surface area contributed by atoms with Gasteiger partial charge in [-0.05, 0) is 18.5 Å². The molecule has 0 atom stereocenters. The molecule has 0 spiro atoms. The van der Waals surface area contributed by atoms with E-state index >= 15 is 0 Å². The minimum Gasteiger partial charge on any atom is -0.652 e. The molecule has 0 unspecified atom stereocenters. The van der Waals surface area contributed by atoms with Crippen molar-refractivity contribution in [3.63, 3.8) is 0 Å². The van der Waals surface area contributed by atoms with Crippen molar-refractivity contribution in [2.45, 2.75) is 0 Å². The molecule has 0 radical (unpaired) electrons. The molecule has 0 rings (SSSR count). The largest absolute Gasteiger partial charge is 0.652 e. The third-order valence-corrected chi connectivity index (χ3v) is 0. The molecule has 0 fully saturated rings. The van der Waals surface area contributed by atoms with Crippen LogP contribution in [-0.2, 0) is 0 Å². The van der Waals surface area contributed by atoms with Crippen LogP contribution in [0.25, 0.3) is 0 Å². The molecule has 0 aromatic rings. The molecular weight excluding hydrogens is 682 g/mol. The van der Waals surface area contributed by atoms with E-state index in [1.807, 2.05) is 0 Å². The molecule has 0 N–H and O–H groups in total. The van der Waals surface area contributed by atoms with Gasteiger partial charge < -0.3 is 45.0 Å². The van der Waals surface area contributed by atoms with Gasteiger partial charge in [-0.15, -0.1) is 0 Å². The van der Waals surface area contributed by atoms with Crippen molar-refractivity contribution in [3.05, 3.63) is 0 Å². The van der Waals surface area contributed by atoms with Crippen LogP contribution in [0.5, 0.6) is 0 Å². The van der Waals surface area contributed by atoms with Crippen LogP contribution >= 0.6 is 0 Å². The maximum Gasteiger partial charge on any atom is 0 e. The second kappa shape index (κ2) is 23.2. The van der Waals surface area contributed by atoms with Crippen molar-refractivity contribution in [3.8, 4) is 0 Å². The first kappa shape index (κ1) is 32.9. The summed E-state index contributed by atoms with van der Waals surface area (Å²) in [5.41, 5.74) is 0. The minimum absolute atomic E-state index is 0. The number of carbonyl (C=O) groups excluding carboxylic acids is 3. The summed E-state index contributed by atoms with van der Waals surface area (Å²) in [6.45, 7) is 0. The third-order valence-electron chi connectivity index (χ3n) is 0. The number of carbonyl (C=O) groups is 3. The van der Waals surface area contributed by atoms with Crippen molar-refractivity contribution in [2.24, 2.45) is 0 Å². The molecule has 11 heteroatoms. The Morgan fingerprint density at radius 2 is 0.500 bits per heavy atom. The molecule has 92 valence electrons. The van der Waals surface area contributed by atoms with Crippen LogP contribution in [0.1, 0.15) is 0 Å². The van der Waals surface area contributed by atoms with Crippen molar-refractivity contribution in [2.75, 3.05) is 0 Å². The zero-order chi connectivity index (χ0) is 10.7. The minimum atomic E-state index is -2.33. The molecule has 0 saturated heterocycles. The standard InChI is InChI=1S/3CH2O3.2Cf/c3*2-1(3)4;;/h3*(H2,2,3,4);;/p-6. The van der Waals surface area contributed by atoms with E-state index in [1.54, 1.807) is 0 Å². The SMILES string of the molecule is O=C([O-])[O-].O=C([O-])[O-].O=C([O-])[O-].[Cf].[Cf]. The van der Waals surface area contributed by atoms with E-state index in [1.165, 1.54) is 0 Å². The number of hydrogen-bond acceptors (Lipinski definition) is 9. The first-order chi connectivity index (χ1) is 5.20. The second-order valence-electron chi connectivity index (χ2n) is 0.750. The van der Waals surface area contributed by atoms with Crippen molar-refractivity contribution in [1.29, 1.82) is 0 Å². The predicted molar refractivity (Wildman–Crippen MR) is 16.2 cm³/mol. The maximum atomic E-state index is 8.33. The third kappa shape index (κ3) is 20.6. The van der Waals surface area contributed by atoms with Gasteiger partial charge in [0.05, 0.1) is 0 Å². The molecule has 0 aliphatic rings. The zero-order valence-corrected chi connectivity index (χ0v) is 11.1. The Balaban J connectivity index is -0.0000000270. The van der Waals surface area contributed by atoms with Crippen molar-refractivity contribution < 1.29 is 45.0 Å². The fraction of sp³-hybridized carbons (Fsp3) is 0. The van der Waals surface area contributed by atoms with E-state index in [0.29, 0.717) is 0 Å². The molecule has 0 saturated carbocycles. The molecule has 0 heterocycles. The summed E-state index contributed by atoms with van der Waals surface area (Å²) in [6.07, 6.45) is -7.00. The van der Waals surface area contributed by atoms with E-state index in [0.717, 1.165) is 0 Å². The Kier molecular flexibility index (Phi) is 54.6. The molecular formula is C3Cf2O9-6. The average Bonchev–Trinajstić information content (AvgIpc) is 1.54. The molecule has 14 heavy (non-hydrogen) atoms. The number of hydrogen-bond donors (Lipinski definition) is 0. The van der Waals surface area contributed by atoms with E-state index < -0.39 is 18.5 Å². The quantitative estimate of drug-likeness (QED) is 0.239. The molecule has 0 bridgehead atoms. The van der Waals surface area contributed by atoms with Crippen LogP contribution in [0.4, 0.5) is 14.4 Å². The summed E-state index contributed by atoms with van der Waals surface area (Å²) in [6, 6.07) is 0. The maximum absolute atomic E-state index is 8.33. The van der Waals surface area contributed by atoms with Crippen LogP contribution < -0.4 is 30.6 Å². The van der Waals surface area contributed by atoms with Gasteiger partial charge >= 0.3 is 0 Å². The van der Waals surface area contributed by atoms with Crippen molar-refractivity contribution in [1.82, 2.24) is 0 Å². The molecule has 9 nitrogen and oxygen atoms in total. The first-order valence-corrected chi connectivity index (χ1v) is 1.84. The molecule has 0 aromatic heterocycles. The Labute approximate surface area is 64.7 Å². The smallest absolute Gasteiger partial charge is 0 e. The average molecular weight is 682 g/mol. The van der Waals surface area contributed by atoms with Gasteiger partial charge in [0.2, 0.25) is 0 Å². The fourth-order valence-corrected chi connectivity index (χ4v) is 0. The van der Waals surface area contributed by atoms with Gasteiger partial charge in [-0.1, -0.05) is 0 Å². The van der Waals surface area contributed by atoms with Crippen LogP contribution in [0, 0.1) is 0 Å². The fourth-order valence-electron chi connectivity index (χ4n) is 0. The van der Waals surface area contributed by atoms with Gasteiger partial charge in [0.15, 0.2) is 0 Å². The molecule has 0 aliphatic heterocycles. The summed E-state index contributed by atoms with van der Waals surface area (Å²) >= 11 is 0. The Morgan fingerprint density at radius 1 is 0.500 bits per heavy atom. The summed E-state index contributed by atoms with van der Waals surface area (Å²) in [4.78, 5) is 25.0. The van der Waals surface area contributed by atoms with Crippen LogP contribution in [0.2, 0.25) is 0 Å². The van der Waals surface area contributed by atoms with Crippen molar-refractivity contribution >= 4 is 18.5 Å². The van der Waals surface area contributed by atoms with Gasteiger partial charge in [-0.3, -0.25) is 0 Å². The van der Waals surface area contributed by atoms with Gasteiger partial charge in [0, 0.05) is 0 Å². The van der Waals surface area contributed by atoms with Gasteiger partial charge in [0.25, 0.3) is 0 Å². The summed E-state index contributed by atoms with van der Waals surface area (Å²) in [5, 5.41) is 50.0. The molecule has 0 aliphatic carbocycles. The Bertz CT molecular complexity index is 116. The van der Waals surface area contributed by atoms with E-state index in [9.17, 15) is 0 Å². The number of rotatable bonds is 0. The topological polar surface area (TPSA) is 190 Å². The van der Waals surface area contributed by atoms with Crippen LogP contribution in [0.15, 0.2) is 0 Å². The Hall–Kier alpha value is -4.19. The summed E-state index contributed by atoms with van der Waals surface area (Å²) < 4.78 is 0. The summed E-state index contributed by atoms with van der Waals surface area (Å²) in [7, 11) is 0. The number of carboxylic acid groups (broad SMARTS) is 6. The summed E-state index contributed by atoms with van der Waals surface area (Å²) in [5.74, 6) is 0. The molecule has 0 aromatic carbocycles. The van der Waals surface area contributed by atoms with Gasteiger partial charge in [-0.2, -0.15) is 0 Å². The second-order valence-corrected chi connectivity index (χ2v) is 0.750. The zero-order valence-electron chi connectivity index (χ0n) is 5.81. The normalized spacial score (nSPS) is 5.14. The van der Waals surface area contributed by atoms with E-state index in [2.05, 4.69) is 0 Å².